The normalized spacial score (nSPS) is 19.3. The molecule has 132 valence electrons. The Labute approximate surface area is 148 Å². The van der Waals surface area contributed by atoms with Crippen molar-refractivity contribution in [1.29, 1.82) is 0 Å². The molecule has 1 N–H and O–H groups in total. The first-order valence-corrected chi connectivity index (χ1v) is 8.72. The summed E-state index contributed by atoms with van der Waals surface area (Å²) < 4.78 is 5.56. The first kappa shape index (κ1) is 17.4. The van der Waals surface area contributed by atoms with Gasteiger partial charge in [-0.3, -0.25) is 14.7 Å². The third-order valence-electron chi connectivity index (χ3n) is 4.86. The van der Waals surface area contributed by atoms with Crippen LogP contribution in [0.1, 0.15) is 36.6 Å². The number of rotatable bonds is 6. The first-order chi connectivity index (χ1) is 12.2. The molecule has 0 spiro atoms. The van der Waals surface area contributed by atoms with Crippen LogP contribution in [0, 0.1) is 0 Å². The molecule has 25 heavy (non-hydrogen) atoms. The second-order valence-corrected chi connectivity index (χ2v) is 6.37. The fourth-order valence-corrected chi connectivity index (χ4v) is 3.66. The van der Waals surface area contributed by atoms with Gasteiger partial charge in [0.2, 0.25) is 0 Å². The van der Waals surface area contributed by atoms with Crippen molar-refractivity contribution in [1.82, 2.24) is 9.88 Å². The second kappa shape index (κ2) is 8.12. The smallest absolute Gasteiger partial charge is 0.320 e. The summed E-state index contributed by atoms with van der Waals surface area (Å²) in [6.45, 7) is 0.770. The zero-order valence-corrected chi connectivity index (χ0v) is 14.5. The molecular formula is C20H24N2O3. The summed E-state index contributed by atoms with van der Waals surface area (Å²) in [6, 6.07) is 13.2. The highest BCUT2D eigenvalue weighted by Crippen LogP contribution is 2.35. The molecule has 1 fully saturated rings. The Balaban J connectivity index is 2.00. The van der Waals surface area contributed by atoms with Gasteiger partial charge in [0, 0.05) is 29.9 Å². The maximum Gasteiger partial charge on any atom is 0.320 e. The summed E-state index contributed by atoms with van der Waals surface area (Å²) in [5, 5.41) is 9.71. The van der Waals surface area contributed by atoms with Gasteiger partial charge in [0.25, 0.3) is 0 Å². The molecule has 0 saturated carbocycles. The number of para-hydroxylation sites is 1. The van der Waals surface area contributed by atoms with E-state index in [9.17, 15) is 9.90 Å². The van der Waals surface area contributed by atoms with Crippen LogP contribution in [0.15, 0.2) is 48.7 Å². The van der Waals surface area contributed by atoms with Gasteiger partial charge in [0.1, 0.15) is 11.8 Å². The molecule has 0 radical (unpaired) electrons. The Morgan fingerprint density at radius 3 is 2.80 bits per heavy atom. The highest BCUT2D eigenvalue weighted by Gasteiger charge is 2.35. The molecule has 0 aliphatic carbocycles. The molecule has 0 bridgehead atoms. The average Bonchev–Trinajstić information content (AvgIpc) is 2.67. The fourth-order valence-electron chi connectivity index (χ4n) is 3.66. The SMILES string of the molecule is COc1ccccc1C(Cc1ccccn1)N1CCCCC1C(=O)O. The van der Waals surface area contributed by atoms with Crippen molar-refractivity contribution >= 4 is 5.97 Å². The molecule has 2 atom stereocenters. The van der Waals surface area contributed by atoms with E-state index in [1.54, 1.807) is 13.3 Å². The van der Waals surface area contributed by atoms with E-state index in [0.717, 1.165) is 36.4 Å². The van der Waals surface area contributed by atoms with Gasteiger partial charge in [-0.15, -0.1) is 0 Å². The third-order valence-corrected chi connectivity index (χ3v) is 4.86. The van der Waals surface area contributed by atoms with Gasteiger partial charge >= 0.3 is 5.97 Å². The molecule has 1 saturated heterocycles. The highest BCUT2D eigenvalue weighted by molar-refractivity contribution is 5.73. The fraction of sp³-hybridized carbons (Fsp3) is 0.400. The van der Waals surface area contributed by atoms with E-state index < -0.39 is 12.0 Å². The van der Waals surface area contributed by atoms with Crippen molar-refractivity contribution in [2.24, 2.45) is 0 Å². The number of likely N-dealkylation sites (tertiary alicyclic amines) is 1. The van der Waals surface area contributed by atoms with Crippen LogP contribution in [0.2, 0.25) is 0 Å². The summed E-state index contributed by atoms with van der Waals surface area (Å²) in [7, 11) is 1.65. The predicted molar refractivity (Wildman–Crippen MR) is 95.7 cm³/mol. The van der Waals surface area contributed by atoms with Crippen molar-refractivity contribution in [3.63, 3.8) is 0 Å². The number of nitrogens with zero attached hydrogens (tertiary/aromatic N) is 2. The number of benzene rings is 1. The van der Waals surface area contributed by atoms with Crippen LogP contribution in [-0.4, -0.2) is 40.7 Å². The maximum atomic E-state index is 11.8. The molecule has 5 nitrogen and oxygen atoms in total. The average molecular weight is 340 g/mol. The van der Waals surface area contributed by atoms with E-state index >= 15 is 0 Å². The molecule has 1 aromatic carbocycles. The van der Waals surface area contributed by atoms with Crippen LogP contribution in [0.5, 0.6) is 5.75 Å². The molecule has 0 amide bonds. The Morgan fingerprint density at radius 1 is 1.28 bits per heavy atom. The third kappa shape index (κ3) is 3.99. The quantitative estimate of drug-likeness (QED) is 0.874. The predicted octanol–water partition coefficient (Wildman–Crippen LogP) is 3.31. The van der Waals surface area contributed by atoms with Gasteiger partial charge in [-0.05, 0) is 37.6 Å². The lowest BCUT2D eigenvalue weighted by atomic mass is 9.93. The standard InChI is InChI=1S/C20H24N2O3/c1-25-19-11-3-2-9-16(19)18(14-15-8-4-6-12-21-15)22-13-7-5-10-17(22)20(23)24/h2-4,6,8-9,11-12,17-18H,5,7,10,13-14H2,1H3,(H,23,24). The molecule has 1 aliphatic heterocycles. The van der Waals surface area contributed by atoms with Crippen molar-refractivity contribution in [2.45, 2.75) is 37.8 Å². The number of piperidine rings is 1. The molecule has 1 aromatic heterocycles. The molecular weight excluding hydrogens is 316 g/mol. The van der Waals surface area contributed by atoms with E-state index in [1.807, 2.05) is 42.5 Å². The van der Waals surface area contributed by atoms with Crippen molar-refractivity contribution in [3.8, 4) is 5.75 Å². The molecule has 2 heterocycles. The van der Waals surface area contributed by atoms with Crippen LogP contribution < -0.4 is 4.74 Å². The number of hydrogen-bond donors (Lipinski definition) is 1. The zero-order valence-electron chi connectivity index (χ0n) is 14.5. The molecule has 1 aliphatic rings. The van der Waals surface area contributed by atoms with E-state index in [-0.39, 0.29) is 6.04 Å². The highest BCUT2D eigenvalue weighted by atomic mass is 16.5. The second-order valence-electron chi connectivity index (χ2n) is 6.37. The first-order valence-electron chi connectivity index (χ1n) is 8.72. The lowest BCUT2D eigenvalue weighted by Gasteiger charge is -2.39. The Morgan fingerprint density at radius 2 is 2.08 bits per heavy atom. The topological polar surface area (TPSA) is 62.7 Å². The summed E-state index contributed by atoms with van der Waals surface area (Å²) >= 11 is 0. The zero-order chi connectivity index (χ0) is 17.6. The Bertz CT molecular complexity index is 705. The van der Waals surface area contributed by atoms with Crippen LogP contribution >= 0.6 is 0 Å². The monoisotopic (exact) mass is 340 g/mol. The Kier molecular flexibility index (Phi) is 5.66. The minimum absolute atomic E-state index is 0.0764. The van der Waals surface area contributed by atoms with Gasteiger partial charge in [0.05, 0.1) is 7.11 Å². The van der Waals surface area contributed by atoms with Crippen molar-refractivity contribution < 1.29 is 14.6 Å². The minimum Gasteiger partial charge on any atom is -0.496 e. The lowest BCUT2D eigenvalue weighted by molar-refractivity contribution is -0.146. The molecule has 2 aromatic rings. The summed E-state index contributed by atoms with van der Waals surface area (Å²) in [5.41, 5.74) is 1.97. The number of carboxylic acid groups (broad SMARTS) is 1. The summed E-state index contributed by atoms with van der Waals surface area (Å²) in [6.07, 6.45) is 5.08. The van der Waals surface area contributed by atoms with E-state index in [2.05, 4.69) is 9.88 Å². The van der Waals surface area contributed by atoms with Crippen LogP contribution in [0.25, 0.3) is 0 Å². The summed E-state index contributed by atoms with van der Waals surface area (Å²) in [4.78, 5) is 18.4. The number of aromatic nitrogens is 1. The van der Waals surface area contributed by atoms with Crippen LogP contribution in [-0.2, 0) is 11.2 Å². The number of ether oxygens (including phenoxy) is 1. The lowest BCUT2D eigenvalue weighted by Crippen LogP contribution is -2.47. The van der Waals surface area contributed by atoms with Gasteiger partial charge in [0.15, 0.2) is 0 Å². The van der Waals surface area contributed by atoms with Gasteiger partial charge < -0.3 is 9.84 Å². The maximum absolute atomic E-state index is 11.8. The van der Waals surface area contributed by atoms with Crippen molar-refractivity contribution in [3.05, 3.63) is 59.9 Å². The number of aliphatic carboxylic acids is 1. The van der Waals surface area contributed by atoms with E-state index in [0.29, 0.717) is 12.8 Å². The number of pyridine rings is 1. The Hall–Kier alpha value is -2.40. The van der Waals surface area contributed by atoms with Gasteiger partial charge in [-0.25, -0.2) is 0 Å². The van der Waals surface area contributed by atoms with Gasteiger partial charge in [-0.2, -0.15) is 0 Å². The molecule has 5 heteroatoms. The van der Waals surface area contributed by atoms with Crippen molar-refractivity contribution in [2.75, 3.05) is 13.7 Å². The number of carbonyl (C=O) groups is 1. The minimum atomic E-state index is -0.749. The largest absolute Gasteiger partial charge is 0.496 e. The summed E-state index contributed by atoms with van der Waals surface area (Å²) in [5.74, 6) is 0.0405. The van der Waals surface area contributed by atoms with Crippen LogP contribution in [0.3, 0.4) is 0 Å². The number of methoxy groups -OCH3 is 1. The van der Waals surface area contributed by atoms with E-state index in [4.69, 9.17) is 4.74 Å². The van der Waals surface area contributed by atoms with E-state index in [1.165, 1.54) is 0 Å². The molecule has 2 unspecified atom stereocenters. The van der Waals surface area contributed by atoms with Gasteiger partial charge in [-0.1, -0.05) is 30.7 Å². The number of carboxylic acids is 1. The van der Waals surface area contributed by atoms with Crippen LogP contribution in [0.4, 0.5) is 0 Å². The molecule has 3 rings (SSSR count). The number of hydrogen-bond acceptors (Lipinski definition) is 4.